The van der Waals surface area contributed by atoms with E-state index in [0.717, 1.165) is 12.8 Å². The number of hydrogen-bond acceptors (Lipinski definition) is 3. The maximum absolute atomic E-state index is 12.0. The largest absolute Gasteiger partial charge is 0.409 e. The van der Waals surface area contributed by atoms with Gasteiger partial charge < -0.3 is 16.3 Å². The molecule has 106 valence electrons. The van der Waals surface area contributed by atoms with Gasteiger partial charge in [-0.2, -0.15) is 0 Å². The molecule has 0 radical (unpaired) electrons. The Morgan fingerprint density at radius 1 is 1.39 bits per heavy atom. The highest BCUT2D eigenvalue weighted by atomic mass is 16.4. The minimum Gasteiger partial charge on any atom is -0.409 e. The standard InChI is InChI=1S/C13H27N3O2/c1-5-6-7-8-9-10(2)15-12(17)13(3,4)11(14)16-18/h10,18H,5-9H2,1-4H3,(H2,14,16)(H,15,17). The first-order valence-electron chi connectivity index (χ1n) is 6.65. The van der Waals surface area contributed by atoms with Crippen LogP contribution in [0.4, 0.5) is 0 Å². The molecule has 0 saturated carbocycles. The van der Waals surface area contributed by atoms with E-state index >= 15 is 0 Å². The van der Waals surface area contributed by atoms with Crippen molar-refractivity contribution in [1.82, 2.24) is 5.32 Å². The molecule has 0 aromatic heterocycles. The van der Waals surface area contributed by atoms with Gasteiger partial charge in [0, 0.05) is 6.04 Å². The molecule has 0 aliphatic heterocycles. The highest BCUT2D eigenvalue weighted by molar-refractivity contribution is 6.05. The highest BCUT2D eigenvalue weighted by Gasteiger charge is 2.33. The monoisotopic (exact) mass is 257 g/mol. The van der Waals surface area contributed by atoms with Crippen LogP contribution in [0.15, 0.2) is 5.16 Å². The van der Waals surface area contributed by atoms with E-state index in [4.69, 9.17) is 10.9 Å². The Morgan fingerprint density at radius 3 is 2.50 bits per heavy atom. The normalized spacial score (nSPS) is 14.3. The molecule has 5 nitrogen and oxygen atoms in total. The van der Waals surface area contributed by atoms with Crippen molar-refractivity contribution in [3.63, 3.8) is 0 Å². The van der Waals surface area contributed by atoms with Crippen LogP contribution in [0, 0.1) is 5.41 Å². The first kappa shape index (κ1) is 16.7. The maximum Gasteiger partial charge on any atom is 0.233 e. The summed E-state index contributed by atoms with van der Waals surface area (Å²) in [4.78, 5) is 12.0. The molecule has 1 unspecified atom stereocenters. The minimum absolute atomic E-state index is 0.0711. The van der Waals surface area contributed by atoms with Crippen LogP contribution in [0.1, 0.15) is 59.8 Å². The van der Waals surface area contributed by atoms with Crippen molar-refractivity contribution >= 4 is 11.7 Å². The molecule has 0 fully saturated rings. The zero-order chi connectivity index (χ0) is 14.2. The van der Waals surface area contributed by atoms with Gasteiger partial charge in [0.2, 0.25) is 5.91 Å². The van der Waals surface area contributed by atoms with Crippen LogP contribution in [0.2, 0.25) is 0 Å². The third-order valence-electron chi connectivity index (χ3n) is 3.18. The van der Waals surface area contributed by atoms with E-state index in [1.54, 1.807) is 13.8 Å². The molecule has 0 aromatic carbocycles. The van der Waals surface area contributed by atoms with Gasteiger partial charge in [0.15, 0.2) is 5.84 Å². The van der Waals surface area contributed by atoms with E-state index in [2.05, 4.69) is 17.4 Å². The van der Waals surface area contributed by atoms with Crippen LogP contribution in [0.25, 0.3) is 0 Å². The summed E-state index contributed by atoms with van der Waals surface area (Å²) >= 11 is 0. The summed E-state index contributed by atoms with van der Waals surface area (Å²) < 4.78 is 0. The average Bonchev–Trinajstić information content (AvgIpc) is 2.33. The zero-order valence-electron chi connectivity index (χ0n) is 12.0. The number of nitrogens with one attached hydrogen (secondary N) is 1. The van der Waals surface area contributed by atoms with Gasteiger partial charge in [0.25, 0.3) is 0 Å². The fourth-order valence-electron chi connectivity index (χ4n) is 1.60. The molecule has 1 amide bonds. The third kappa shape index (κ3) is 5.38. The molecule has 0 heterocycles. The van der Waals surface area contributed by atoms with E-state index in [1.165, 1.54) is 19.3 Å². The summed E-state index contributed by atoms with van der Waals surface area (Å²) in [6, 6.07) is 0.111. The van der Waals surface area contributed by atoms with Crippen molar-refractivity contribution in [1.29, 1.82) is 0 Å². The number of hydrogen-bond donors (Lipinski definition) is 3. The Kier molecular flexibility index (Phi) is 7.39. The first-order chi connectivity index (χ1) is 8.36. The van der Waals surface area contributed by atoms with Crippen LogP contribution in [0.5, 0.6) is 0 Å². The highest BCUT2D eigenvalue weighted by Crippen LogP contribution is 2.16. The van der Waals surface area contributed by atoms with E-state index in [9.17, 15) is 4.79 Å². The molecule has 4 N–H and O–H groups in total. The van der Waals surface area contributed by atoms with Crippen molar-refractivity contribution in [3.05, 3.63) is 0 Å². The predicted octanol–water partition coefficient (Wildman–Crippen LogP) is 2.23. The minimum atomic E-state index is -0.980. The van der Waals surface area contributed by atoms with Gasteiger partial charge in [0.05, 0.1) is 0 Å². The zero-order valence-corrected chi connectivity index (χ0v) is 12.0. The van der Waals surface area contributed by atoms with Crippen LogP contribution < -0.4 is 11.1 Å². The molecule has 0 bridgehead atoms. The summed E-state index contributed by atoms with van der Waals surface area (Å²) in [7, 11) is 0. The molecule has 0 saturated heterocycles. The molecular formula is C13H27N3O2. The summed E-state index contributed by atoms with van der Waals surface area (Å²) in [6.45, 7) is 7.43. The molecule has 0 aliphatic rings. The number of oxime groups is 1. The molecule has 18 heavy (non-hydrogen) atoms. The number of rotatable bonds is 8. The molecule has 0 spiro atoms. The summed E-state index contributed by atoms with van der Waals surface area (Å²) in [5.41, 5.74) is 4.53. The fourth-order valence-corrected chi connectivity index (χ4v) is 1.60. The Balaban J connectivity index is 4.15. The molecule has 1 atom stereocenters. The van der Waals surface area contributed by atoms with Crippen molar-refractivity contribution in [2.75, 3.05) is 0 Å². The lowest BCUT2D eigenvalue weighted by atomic mass is 9.90. The molecule has 5 heteroatoms. The van der Waals surface area contributed by atoms with Gasteiger partial charge >= 0.3 is 0 Å². The Bertz CT molecular complexity index is 288. The lowest BCUT2D eigenvalue weighted by molar-refractivity contribution is -0.127. The van der Waals surface area contributed by atoms with Crippen molar-refractivity contribution in [2.24, 2.45) is 16.3 Å². The van der Waals surface area contributed by atoms with Gasteiger partial charge in [-0.3, -0.25) is 4.79 Å². The second kappa shape index (κ2) is 7.95. The van der Waals surface area contributed by atoms with Crippen LogP contribution in [0.3, 0.4) is 0 Å². The summed E-state index contributed by atoms with van der Waals surface area (Å²) in [5.74, 6) is -0.279. The first-order valence-corrected chi connectivity index (χ1v) is 6.65. The fraction of sp³-hybridized carbons (Fsp3) is 0.846. The number of carbonyl (C=O) groups is 1. The maximum atomic E-state index is 12.0. The van der Waals surface area contributed by atoms with Gasteiger partial charge in [-0.1, -0.05) is 37.8 Å². The second-order valence-corrected chi connectivity index (χ2v) is 5.33. The Morgan fingerprint density at radius 2 is 2.00 bits per heavy atom. The molecular weight excluding hydrogens is 230 g/mol. The number of nitrogens with zero attached hydrogens (tertiary/aromatic N) is 1. The van der Waals surface area contributed by atoms with Gasteiger partial charge in [-0.25, -0.2) is 0 Å². The third-order valence-corrected chi connectivity index (χ3v) is 3.18. The van der Waals surface area contributed by atoms with E-state index in [-0.39, 0.29) is 17.8 Å². The molecule has 0 aliphatic carbocycles. The second-order valence-electron chi connectivity index (χ2n) is 5.33. The van der Waals surface area contributed by atoms with Crippen molar-refractivity contribution < 1.29 is 10.0 Å². The van der Waals surface area contributed by atoms with Gasteiger partial charge in [-0.15, -0.1) is 0 Å². The summed E-state index contributed by atoms with van der Waals surface area (Å²) in [6.07, 6.45) is 5.70. The SMILES string of the molecule is CCCCCCC(C)NC(=O)C(C)(C)C(N)=NO. The summed E-state index contributed by atoms with van der Waals surface area (Å²) in [5, 5.41) is 14.4. The van der Waals surface area contributed by atoms with E-state index in [0.29, 0.717) is 0 Å². The van der Waals surface area contributed by atoms with E-state index in [1.807, 2.05) is 6.92 Å². The lowest BCUT2D eigenvalue weighted by Gasteiger charge is -2.24. The van der Waals surface area contributed by atoms with Crippen LogP contribution >= 0.6 is 0 Å². The Labute approximate surface area is 110 Å². The quantitative estimate of drug-likeness (QED) is 0.205. The topological polar surface area (TPSA) is 87.7 Å². The smallest absolute Gasteiger partial charge is 0.233 e. The number of unbranched alkanes of at least 4 members (excludes halogenated alkanes) is 3. The molecule has 0 aromatic rings. The number of amidine groups is 1. The molecule has 0 rings (SSSR count). The van der Waals surface area contributed by atoms with Crippen LogP contribution in [-0.2, 0) is 4.79 Å². The van der Waals surface area contributed by atoms with Crippen LogP contribution in [-0.4, -0.2) is 23.0 Å². The number of nitrogens with two attached hydrogens (primary N) is 1. The van der Waals surface area contributed by atoms with Gasteiger partial charge in [-0.05, 0) is 27.2 Å². The lowest BCUT2D eigenvalue weighted by Crippen LogP contribution is -2.48. The van der Waals surface area contributed by atoms with Crippen molar-refractivity contribution in [3.8, 4) is 0 Å². The predicted molar refractivity (Wildman–Crippen MR) is 73.6 cm³/mol. The average molecular weight is 257 g/mol. The van der Waals surface area contributed by atoms with Gasteiger partial charge in [0.1, 0.15) is 5.41 Å². The van der Waals surface area contributed by atoms with Crippen molar-refractivity contribution in [2.45, 2.75) is 65.8 Å². The number of carbonyl (C=O) groups excluding carboxylic acids is 1. The number of amides is 1. The van der Waals surface area contributed by atoms with E-state index < -0.39 is 5.41 Å². The Hall–Kier alpha value is -1.26.